The number of rotatable bonds is 6. The van der Waals surface area contributed by atoms with Crippen molar-refractivity contribution < 1.29 is 14.7 Å². The monoisotopic (exact) mass is 258 g/mol. The van der Waals surface area contributed by atoms with Crippen LogP contribution in [0, 0.1) is 0 Å². The van der Waals surface area contributed by atoms with Crippen LogP contribution in [0.25, 0.3) is 0 Å². The number of thiol groups is 1. The summed E-state index contributed by atoms with van der Waals surface area (Å²) in [4.78, 5) is 21.9. The summed E-state index contributed by atoms with van der Waals surface area (Å²) in [5, 5.41) is 8.44. The fourth-order valence-electron chi connectivity index (χ4n) is 0.588. The third-order valence-corrected chi connectivity index (χ3v) is 1.91. The number of nitrogens with two attached hydrogens (primary N) is 1. The molecule has 0 atom stereocenters. The number of aliphatic hydroxyl groups is 1. The summed E-state index contributed by atoms with van der Waals surface area (Å²) >= 11 is 3.79. The zero-order chi connectivity index (χ0) is 13.8. The van der Waals surface area contributed by atoms with Gasteiger partial charge in [0.2, 0.25) is 11.8 Å². The summed E-state index contributed by atoms with van der Waals surface area (Å²) < 4.78 is 0. The molecule has 0 aliphatic heterocycles. The van der Waals surface area contributed by atoms with Crippen molar-refractivity contribution in [2.75, 3.05) is 12.6 Å². The van der Waals surface area contributed by atoms with Gasteiger partial charge in [0.05, 0.1) is 5.88 Å². The van der Waals surface area contributed by atoms with E-state index < -0.39 is 5.91 Å². The second kappa shape index (κ2) is 11.0. The van der Waals surface area contributed by atoms with Crippen molar-refractivity contribution in [3.63, 3.8) is 0 Å². The van der Waals surface area contributed by atoms with Crippen LogP contribution in [0.15, 0.2) is 37.5 Å². The quantitative estimate of drug-likeness (QED) is 0.280. The number of hydrogen-bond donors (Lipinski definition) is 3. The van der Waals surface area contributed by atoms with Crippen LogP contribution in [0.3, 0.4) is 0 Å². The summed E-state index contributed by atoms with van der Waals surface area (Å²) in [6.07, 6.45) is 3.20. The summed E-state index contributed by atoms with van der Waals surface area (Å²) in [7, 11) is 0. The van der Waals surface area contributed by atoms with Crippen LogP contribution in [0.2, 0.25) is 0 Å². The molecule has 0 heterocycles. The van der Waals surface area contributed by atoms with E-state index in [4.69, 9.17) is 10.8 Å². The molecule has 0 aromatic rings. The molecule has 0 saturated carbocycles. The van der Waals surface area contributed by atoms with E-state index in [0.717, 1.165) is 11.0 Å². The number of carbonyl (C=O) groups excluding carboxylic acids is 2. The first-order valence-electron chi connectivity index (χ1n) is 4.66. The highest BCUT2D eigenvalue weighted by Gasteiger charge is 2.03. The van der Waals surface area contributed by atoms with Gasteiger partial charge in [0.1, 0.15) is 6.73 Å². The zero-order valence-electron chi connectivity index (χ0n) is 9.63. The maximum Gasteiger partial charge on any atom is 0.248 e. The molecule has 0 aliphatic rings. The Kier molecular flexibility index (Phi) is 11.5. The lowest BCUT2D eigenvalue weighted by molar-refractivity contribution is -0.128. The van der Waals surface area contributed by atoms with E-state index >= 15 is 0 Å². The van der Waals surface area contributed by atoms with Crippen molar-refractivity contribution in [3.8, 4) is 0 Å². The van der Waals surface area contributed by atoms with Gasteiger partial charge in [-0.05, 0) is 12.5 Å². The lowest BCUT2D eigenvalue weighted by atomic mass is 10.2. The third kappa shape index (κ3) is 9.40. The predicted octanol–water partition coefficient (Wildman–Crippen LogP) is 0.442. The fourth-order valence-corrected chi connectivity index (χ4v) is 0.817. The number of carbonyl (C=O) groups is 2. The summed E-state index contributed by atoms with van der Waals surface area (Å²) in [5.41, 5.74) is 5.24. The average molecular weight is 258 g/mol. The molecule has 3 N–H and O–H groups in total. The molecule has 0 spiro atoms. The SMILES string of the molecule is C=CC(=O)N(CO)CS.C=CCC(=C)C(N)=O. The molecule has 5 nitrogen and oxygen atoms in total. The number of primary amides is 1. The minimum atomic E-state index is -0.454. The van der Waals surface area contributed by atoms with Gasteiger partial charge in [0.25, 0.3) is 0 Å². The Hall–Kier alpha value is -1.53. The Morgan fingerprint density at radius 2 is 1.94 bits per heavy atom. The lowest BCUT2D eigenvalue weighted by Gasteiger charge is -2.13. The van der Waals surface area contributed by atoms with Crippen molar-refractivity contribution in [1.82, 2.24) is 4.90 Å². The minimum absolute atomic E-state index is 0.210. The minimum Gasteiger partial charge on any atom is -0.376 e. The van der Waals surface area contributed by atoms with E-state index in [1.807, 2.05) is 0 Å². The van der Waals surface area contributed by atoms with Crippen molar-refractivity contribution in [1.29, 1.82) is 0 Å². The van der Waals surface area contributed by atoms with E-state index in [-0.39, 0.29) is 18.5 Å². The Morgan fingerprint density at radius 3 is 2.06 bits per heavy atom. The molecule has 6 heteroatoms. The molecular formula is C11H18N2O3S. The van der Waals surface area contributed by atoms with E-state index in [1.165, 1.54) is 0 Å². The molecule has 17 heavy (non-hydrogen) atoms. The Balaban J connectivity index is 0. The van der Waals surface area contributed by atoms with Crippen molar-refractivity contribution in [2.45, 2.75) is 6.42 Å². The van der Waals surface area contributed by atoms with Crippen LogP contribution in [-0.2, 0) is 9.59 Å². The molecule has 0 fully saturated rings. The van der Waals surface area contributed by atoms with Gasteiger partial charge in [-0.15, -0.1) is 6.58 Å². The van der Waals surface area contributed by atoms with Crippen molar-refractivity contribution in [3.05, 3.63) is 37.5 Å². The zero-order valence-corrected chi connectivity index (χ0v) is 10.5. The number of amides is 2. The highest BCUT2D eigenvalue weighted by molar-refractivity contribution is 7.80. The Morgan fingerprint density at radius 1 is 1.41 bits per heavy atom. The van der Waals surface area contributed by atoms with Gasteiger partial charge in [0, 0.05) is 5.57 Å². The van der Waals surface area contributed by atoms with Crippen molar-refractivity contribution in [2.24, 2.45) is 5.73 Å². The van der Waals surface area contributed by atoms with E-state index in [9.17, 15) is 9.59 Å². The second-order valence-corrected chi connectivity index (χ2v) is 3.11. The van der Waals surface area contributed by atoms with Gasteiger partial charge in [-0.3, -0.25) is 9.59 Å². The lowest BCUT2D eigenvalue weighted by Crippen LogP contribution is -2.28. The van der Waals surface area contributed by atoms with Gasteiger partial charge in [0.15, 0.2) is 0 Å². The average Bonchev–Trinajstić information content (AvgIpc) is 2.31. The second-order valence-electron chi connectivity index (χ2n) is 2.83. The first-order valence-corrected chi connectivity index (χ1v) is 5.29. The van der Waals surface area contributed by atoms with Crippen LogP contribution in [0.4, 0.5) is 0 Å². The Labute approximate surface area is 107 Å². The molecule has 0 aromatic heterocycles. The number of nitrogens with zero attached hydrogens (tertiary/aromatic N) is 1. The molecule has 0 bridgehead atoms. The predicted molar refractivity (Wildman–Crippen MR) is 71.1 cm³/mol. The molecule has 0 unspecified atom stereocenters. The van der Waals surface area contributed by atoms with Gasteiger partial charge >= 0.3 is 0 Å². The van der Waals surface area contributed by atoms with Crippen LogP contribution in [0.5, 0.6) is 0 Å². The summed E-state index contributed by atoms with van der Waals surface area (Å²) in [6.45, 7) is 9.74. The third-order valence-electron chi connectivity index (χ3n) is 1.57. The topological polar surface area (TPSA) is 83.6 Å². The number of hydrogen-bond acceptors (Lipinski definition) is 4. The molecule has 0 rings (SSSR count). The molecule has 0 aliphatic carbocycles. The van der Waals surface area contributed by atoms with Gasteiger partial charge in [-0.25, -0.2) is 0 Å². The smallest absolute Gasteiger partial charge is 0.248 e. The van der Waals surface area contributed by atoms with Gasteiger partial charge in [-0.1, -0.05) is 19.2 Å². The number of allylic oxidation sites excluding steroid dienone is 1. The molecule has 0 aromatic carbocycles. The van der Waals surface area contributed by atoms with Crippen LogP contribution < -0.4 is 5.73 Å². The first-order chi connectivity index (χ1) is 7.94. The summed E-state index contributed by atoms with van der Waals surface area (Å²) in [6, 6.07) is 0. The van der Waals surface area contributed by atoms with Crippen LogP contribution in [0.1, 0.15) is 6.42 Å². The first kappa shape index (κ1) is 17.9. The maximum absolute atomic E-state index is 10.6. The van der Waals surface area contributed by atoms with Crippen LogP contribution >= 0.6 is 12.6 Å². The Bertz CT molecular complexity index is 299. The van der Waals surface area contributed by atoms with Gasteiger partial charge < -0.3 is 15.7 Å². The normalized spacial score (nSPS) is 8.35. The standard InChI is InChI=1S/C6H9NO.C5H9NO2S/c1-3-4-5(2)6(7)8;1-2-5(8)6(3-7)4-9/h3H,1-2,4H2,(H2,7,8);2,7,9H,1,3-4H2. The molecule has 2 amide bonds. The molecule has 0 radical (unpaired) electrons. The van der Waals surface area contributed by atoms with E-state index in [0.29, 0.717) is 12.0 Å². The fraction of sp³-hybridized carbons (Fsp3) is 0.273. The highest BCUT2D eigenvalue weighted by atomic mass is 32.1. The molecular weight excluding hydrogens is 240 g/mol. The van der Waals surface area contributed by atoms with Gasteiger partial charge in [-0.2, -0.15) is 12.6 Å². The largest absolute Gasteiger partial charge is 0.376 e. The van der Waals surface area contributed by atoms with Crippen molar-refractivity contribution >= 4 is 24.4 Å². The highest BCUT2D eigenvalue weighted by Crippen LogP contribution is 1.94. The summed E-state index contributed by atoms with van der Waals surface area (Å²) in [5.74, 6) is -0.557. The van der Waals surface area contributed by atoms with E-state index in [2.05, 4.69) is 32.4 Å². The maximum atomic E-state index is 10.6. The van der Waals surface area contributed by atoms with Crippen LogP contribution in [-0.4, -0.2) is 34.4 Å². The van der Waals surface area contributed by atoms with E-state index in [1.54, 1.807) is 6.08 Å². The molecule has 96 valence electrons. The molecule has 0 saturated heterocycles. The number of aliphatic hydroxyl groups excluding tert-OH is 1.